The molecule has 1 rings (SSSR count). The third-order valence-corrected chi connectivity index (χ3v) is 2.20. The normalized spacial score (nSPS) is 11.9. The van der Waals surface area contributed by atoms with Gasteiger partial charge in [-0.15, -0.1) is 0 Å². The average Bonchev–Trinajstić information content (AvgIpc) is 2.14. The maximum Gasteiger partial charge on any atom is 0.401 e. The number of hydrogen-bond donors (Lipinski definition) is 1. The molecule has 6 heteroatoms. The van der Waals surface area contributed by atoms with Crippen molar-refractivity contribution in [3.05, 3.63) is 23.8 Å². The van der Waals surface area contributed by atoms with E-state index in [0.29, 0.717) is 11.4 Å². The summed E-state index contributed by atoms with van der Waals surface area (Å²) >= 11 is 0. The smallest absolute Gasteiger partial charge is 0.401 e. The van der Waals surface area contributed by atoms with Gasteiger partial charge in [-0.2, -0.15) is 13.2 Å². The van der Waals surface area contributed by atoms with Crippen LogP contribution in [0.25, 0.3) is 0 Å². The Labute approximate surface area is 98.0 Å². The Bertz CT molecular complexity index is 379. The molecule has 0 aromatic heterocycles. The minimum absolute atomic E-state index is 0.188. The van der Waals surface area contributed by atoms with E-state index in [1.807, 2.05) is 0 Å². The molecule has 0 atom stereocenters. The van der Waals surface area contributed by atoms with Crippen LogP contribution in [0.15, 0.2) is 18.2 Å². The number of halogens is 3. The van der Waals surface area contributed by atoms with Crippen molar-refractivity contribution < 1.29 is 17.9 Å². The van der Waals surface area contributed by atoms with E-state index in [4.69, 9.17) is 10.5 Å². The number of nitrogen functional groups attached to an aromatic ring is 1. The minimum Gasteiger partial charge on any atom is -0.495 e. The van der Waals surface area contributed by atoms with Crippen LogP contribution in [0.5, 0.6) is 5.75 Å². The maximum absolute atomic E-state index is 12.1. The Morgan fingerprint density at radius 1 is 1.35 bits per heavy atom. The molecule has 0 aliphatic carbocycles. The first-order valence-corrected chi connectivity index (χ1v) is 4.99. The summed E-state index contributed by atoms with van der Waals surface area (Å²) in [5, 5.41) is 0. The fraction of sp³-hybridized carbons (Fsp3) is 0.455. The van der Waals surface area contributed by atoms with E-state index in [0.717, 1.165) is 5.56 Å². The molecule has 0 amide bonds. The molecule has 96 valence electrons. The molecular weight excluding hydrogens is 233 g/mol. The van der Waals surface area contributed by atoms with Gasteiger partial charge in [-0.05, 0) is 24.7 Å². The summed E-state index contributed by atoms with van der Waals surface area (Å²) in [4.78, 5) is 1.18. The second kappa shape index (κ2) is 5.27. The van der Waals surface area contributed by atoms with Crippen LogP contribution in [0.4, 0.5) is 18.9 Å². The zero-order valence-corrected chi connectivity index (χ0v) is 9.71. The molecule has 0 bridgehead atoms. The molecule has 17 heavy (non-hydrogen) atoms. The van der Waals surface area contributed by atoms with Crippen LogP contribution in [-0.2, 0) is 6.54 Å². The van der Waals surface area contributed by atoms with E-state index >= 15 is 0 Å². The lowest BCUT2D eigenvalue weighted by Gasteiger charge is -2.19. The summed E-state index contributed by atoms with van der Waals surface area (Å²) in [5.41, 5.74) is 6.81. The number of ether oxygens (including phenoxy) is 1. The molecule has 1 aromatic rings. The number of nitrogens with two attached hydrogens (primary N) is 1. The van der Waals surface area contributed by atoms with E-state index in [1.54, 1.807) is 18.2 Å². The Hall–Kier alpha value is -1.43. The number of alkyl halides is 3. The largest absolute Gasteiger partial charge is 0.495 e. The second-order valence-corrected chi connectivity index (χ2v) is 3.86. The third-order valence-electron chi connectivity index (χ3n) is 2.20. The van der Waals surface area contributed by atoms with Crippen LogP contribution in [0.3, 0.4) is 0 Å². The summed E-state index contributed by atoms with van der Waals surface area (Å²) in [5.74, 6) is 0.521. The van der Waals surface area contributed by atoms with Gasteiger partial charge in [0, 0.05) is 6.54 Å². The molecule has 1 aromatic carbocycles. The van der Waals surface area contributed by atoms with Gasteiger partial charge in [-0.1, -0.05) is 6.07 Å². The van der Waals surface area contributed by atoms with Gasteiger partial charge in [-0.3, -0.25) is 4.90 Å². The Balaban J connectivity index is 2.66. The summed E-state index contributed by atoms with van der Waals surface area (Å²) in [7, 11) is 2.90. The third kappa shape index (κ3) is 4.52. The molecule has 0 aliphatic heterocycles. The van der Waals surface area contributed by atoms with Crippen molar-refractivity contribution in [2.45, 2.75) is 12.7 Å². The van der Waals surface area contributed by atoms with Crippen molar-refractivity contribution in [2.75, 3.05) is 26.4 Å². The van der Waals surface area contributed by atoms with E-state index in [2.05, 4.69) is 0 Å². The van der Waals surface area contributed by atoms with Gasteiger partial charge < -0.3 is 10.5 Å². The van der Waals surface area contributed by atoms with Gasteiger partial charge >= 0.3 is 6.18 Å². The fourth-order valence-electron chi connectivity index (χ4n) is 1.56. The summed E-state index contributed by atoms with van der Waals surface area (Å²) < 4.78 is 41.3. The molecule has 2 N–H and O–H groups in total. The van der Waals surface area contributed by atoms with Crippen molar-refractivity contribution >= 4 is 5.69 Å². The van der Waals surface area contributed by atoms with Gasteiger partial charge in [0.25, 0.3) is 0 Å². The summed E-state index contributed by atoms with van der Waals surface area (Å²) in [6, 6.07) is 4.96. The van der Waals surface area contributed by atoms with E-state index in [1.165, 1.54) is 19.1 Å². The Morgan fingerprint density at radius 2 is 2.00 bits per heavy atom. The van der Waals surface area contributed by atoms with Gasteiger partial charge in [-0.25, -0.2) is 0 Å². The van der Waals surface area contributed by atoms with Crippen LogP contribution < -0.4 is 10.5 Å². The average molecular weight is 248 g/mol. The monoisotopic (exact) mass is 248 g/mol. The Morgan fingerprint density at radius 3 is 2.47 bits per heavy atom. The lowest BCUT2D eigenvalue weighted by atomic mass is 10.2. The number of rotatable bonds is 4. The molecule has 0 aliphatic rings. The van der Waals surface area contributed by atoms with Crippen LogP contribution in [0.2, 0.25) is 0 Å². The van der Waals surface area contributed by atoms with E-state index in [-0.39, 0.29) is 6.54 Å². The van der Waals surface area contributed by atoms with Crippen molar-refractivity contribution in [1.82, 2.24) is 4.90 Å². The highest BCUT2D eigenvalue weighted by Crippen LogP contribution is 2.23. The predicted molar refractivity (Wildman–Crippen MR) is 59.8 cm³/mol. The highest BCUT2D eigenvalue weighted by Gasteiger charge is 2.29. The number of methoxy groups -OCH3 is 1. The summed E-state index contributed by atoms with van der Waals surface area (Å²) in [6.07, 6.45) is -4.19. The standard InChI is InChI=1S/C11H15F3N2O/c1-16(7-11(12,13)14)6-8-3-4-10(17-2)9(15)5-8/h3-5H,6-7,15H2,1-2H3. The van der Waals surface area contributed by atoms with Crippen molar-refractivity contribution in [2.24, 2.45) is 0 Å². The van der Waals surface area contributed by atoms with Gasteiger partial charge in [0.15, 0.2) is 0 Å². The van der Waals surface area contributed by atoms with Gasteiger partial charge in [0.05, 0.1) is 19.3 Å². The van der Waals surface area contributed by atoms with Crippen molar-refractivity contribution in [1.29, 1.82) is 0 Å². The highest BCUT2D eigenvalue weighted by atomic mass is 19.4. The molecule has 3 nitrogen and oxygen atoms in total. The SMILES string of the molecule is COc1ccc(CN(C)CC(F)(F)F)cc1N. The molecular formula is C11H15F3N2O. The molecule has 0 fully saturated rings. The van der Waals surface area contributed by atoms with Gasteiger partial charge in [0.2, 0.25) is 0 Å². The number of anilines is 1. The first-order valence-electron chi connectivity index (χ1n) is 4.99. The topological polar surface area (TPSA) is 38.5 Å². The number of nitrogens with zero attached hydrogens (tertiary/aromatic N) is 1. The van der Waals surface area contributed by atoms with Crippen molar-refractivity contribution in [3.63, 3.8) is 0 Å². The van der Waals surface area contributed by atoms with Crippen LogP contribution >= 0.6 is 0 Å². The molecule has 0 saturated heterocycles. The molecule has 0 spiro atoms. The molecule has 0 saturated carbocycles. The second-order valence-electron chi connectivity index (χ2n) is 3.86. The minimum atomic E-state index is -4.19. The van der Waals surface area contributed by atoms with Crippen LogP contribution in [0.1, 0.15) is 5.56 Å². The maximum atomic E-state index is 12.1. The first-order chi connectivity index (χ1) is 7.81. The lowest BCUT2D eigenvalue weighted by molar-refractivity contribution is -0.144. The number of benzene rings is 1. The quantitative estimate of drug-likeness (QED) is 0.831. The fourth-order valence-corrected chi connectivity index (χ4v) is 1.56. The van der Waals surface area contributed by atoms with E-state index < -0.39 is 12.7 Å². The first kappa shape index (κ1) is 13.6. The van der Waals surface area contributed by atoms with Crippen LogP contribution in [0, 0.1) is 0 Å². The van der Waals surface area contributed by atoms with E-state index in [9.17, 15) is 13.2 Å². The van der Waals surface area contributed by atoms with Gasteiger partial charge in [0.1, 0.15) is 5.75 Å². The molecule has 0 heterocycles. The highest BCUT2D eigenvalue weighted by molar-refractivity contribution is 5.54. The predicted octanol–water partition coefficient (Wildman–Crippen LogP) is 2.27. The lowest BCUT2D eigenvalue weighted by Crippen LogP contribution is -2.30. The Kier molecular flexibility index (Phi) is 4.22. The zero-order valence-electron chi connectivity index (χ0n) is 9.71. The molecule has 0 radical (unpaired) electrons. The van der Waals surface area contributed by atoms with Crippen molar-refractivity contribution in [3.8, 4) is 5.75 Å². The molecule has 0 unspecified atom stereocenters. The van der Waals surface area contributed by atoms with Crippen LogP contribution in [-0.4, -0.2) is 31.8 Å². The summed E-state index contributed by atoms with van der Waals surface area (Å²) in [6.45, 7) is -0.757. The zero-order chi connectivity index (χ0) is 13.1. The number of hydrogen-bond acceptors (Lipinski definition) is 3.